The Balaban J connectivity index is 2.71. The molecule has 94 valence electrons. The van der Waals surface area contributed by atoms with Gasteiger partial charge < -0.3 is 14.2 Å². The lowest BCUT2D eigenvalue weighted by Gasteiger charge is -2.29. The highest BCUT2D eigenvalue weighted by Crippen LogP contribution is 2.34. The van der Waals surface area contributed by atoms with Crippen LogP contribution in [0, 0.1) is 5.92 Å². The Bertz CT molecular complexity index is 275. The molecule has 1 rings (SSSR count). The van der Waals surface area contributed by atoms with E-state index in [2.05, 4.69) is 4.74 Å². The Labute approximate surface area is 95.1 Å². The van der Waals surface area contributed by atoms with Crippen LogP contribution in [0.5, 0.6) is 0 Å². The van der Waals surface area contributed by atoms with E-state index >= 15 is 0 Å². The number of hydrogen-bond acceptors (Lipinski definition) is 4. The fraction of sp³-hybridized carbons (Fsp3) is 0.909. The van der Waals surface area contributed by atoms with Gasteiger partial charge in [0.2, 0.25) is 5.67 Å². The molecule has 4 nitrogen and oxygen atoms in total. The summed E-state index contributed by atoms with van der Waals surface area (Å²) in [6.07, 6.45) is -0.441. The number of methoxy groups -OCH3 is 1. The number of halogens is 1. The molecule has 16 heavy (non-hydrogen) atoms. The van der Waals surface area contributed by atoms with E-state index in [1.54, 1.807) is 20.8 Å². The molecule has 1 heterocycles. The molecule has 0 aromatic heterocycles. The molecule has 1 unspecified atom stereocenters. The van der Waals surface area contributed by atoms with E-state index in [1.807, 2.05) is 0 Å². The first kappa shape index (κ1) is 13.4. The van der Waals surface area contributed by atoms with E-state index in [1.165, 1.54) is 14.0 Å². The van der Waals surface area contributed by atoms with Crippen molar-refractivity contribution in [1.82, 2.24) is 0 Å². The third-order valence-electron chi connectivity index (χ3n) is 3.03. The smallest absolute Gasteiger partial charge is 0.343 e. The average molecular weight is 234 g/mol. The van der Waals surface area contributed by atoms with Crippen LogP contribution >= 0.6 is 0 Å². The number of carbonyl (C=O) groups excluding carboxylic acids is 1. The van der Waals surface area contributed by atoms with Gasteiger partial charge in [-0.3, -0.25) is 0 Å². The Hall–Kier alpha value is -0.680. The minimum absolute atomic E-state index is 0.282. The zero-order chi connectivity index (χ0) is 12.6. The minimum atomic E-state index is -2.07. The summed E-state index contributed by atoms with van der Waals surface area (Å²) in [5.74, 6) is -2.22. The SMILES string of the molecule is COC(=O)[C@](C)(F)[C@H](C)C1COC(C)(C)O1. The summed E-state index contributed by atoms with van der Waals surface area (Å²) in [4.78, 5) is 11.3. The lowest BCUT2D eigenvalue weighted by atomic mass is 9.88. The summed E-state index contributed by atoms with van der Waals surface area (Å²) in [5, 5.41) is 0. The molecular formula is C11H19FO4. The predicted molar refractivity (Wildman–Crippen MR) is 55.6 cm³/mol. The second kappa shape index (κ2) is 4.30. The van der Waals surface area contributed by atoms with E-state index in [0.29, 0.717) is 0 Å². The van der Waals surface area contributed by atoms with Gasteiger partial charge in [-0.15, -0.1) is 0 Å². The lowest BCUT2D eigenvalue weighted by Crippen LogP contribution is -2.45. The first-order valence-electron chi connectivity index (χ1n) is 5.30. The van der Waals surface area contributed by atoms with Crippen molar-refractivity contribution in [3.8, 4) is 0 Å². The van der Waals surface area contributed by atoms with Crippen molar-refractivity contribution in [1.29, 1.82) is 0 Å². The van der Waals surface area contributed by atoms with Crippen LogP contribution in [0.1, 0.15) is 27.7 Å². The van der Waals surface area contributed by atoms with E-state index in [0.717, 1.165) is 0 Å². The Morgan fingerprint density at radius 2 is 2.19 bits per heavy atom. The fourth-order valence-electron chi connectivity index (χ4n) is 1.70. The van der Waals surface area contributed by atoms with Crippen LogP contribution in [0.3, 0.4) is 0 Å². The molecule has 0 N–H and O–H groups in total. The number of rotatable bonds is 3. The number of carbonyl (C=O) groups is 1. The van der Waals surface area contributed by atoms with Crippen molar-refractivity contribution < 1.29 is 23.4 Å². The first-order valence-corrected chi connectivity index (χ1v) is 5.30. The van der Waals surface area contributed by atoms with Crippen molar-refractivity contribution in [2.75, 3.05) is 13.7 Å². The number of hydrogen-bond donors (Lipinski definition) is 0. The van der Waals surface area contributed by atoms with Gasteiger partial charge >= 0.3 is 5.97 Å². The quantitative estimate of drug-likeness (QED) is 0.697. The molecule has 0 spiro atoms. The van der Waals surface area contributed by atoms with Gasteiger partial charge in [0.1, 0.15) is 0 Å². The molecule has 1 saturated heterocycles. The molecular weight excluding hydrogens is 215 g/mol. The molecule has 0 aromatic carbocycles. The molecule has 0 radical (unpaired) electrons. The van der Waals surface area contributed by atoms with Crippen molar-refractivity contribution in [3.63, 3.8) is 0 Å². The van der Waals surface area contributed by atoms with E-state index in [-0.39, 0.29) is 6.61 Å². The van der Waals surface area contributed by atoms with Gasteiger partial charge in [0, 0.05) is 5.92 Å². The maximum atomic E-state index is 14.2. The van der Waals surface area contributed by atoms with Gasteiger partial charge in [0.15, 0.2) is 5.79 Å². The second-order valence-electron chi connectivity index (χ2n) is 4.72. The summed E-state index contributed by atoms with van der Waals surface area (Å²) in [6.45, 7) is 6.62. The monoisotopic (exact) mass is 234 g/mol. The molecule has 0 aliphatic carbocycles. The van der Waals surface area contributed by atoms with Crippen LogP contribution in [0.25, 0.3) is 0 Å². The zero-order valence-electron chi connectivity index (χ0n) is 10.4. The molecule has 1 fully saturated rings. The number of ether oxygens (including phenoxy) is 3. The third-order valence-corrected chi connectivity index (χ3v) is 3.03. The van der Waals surface area contributed by atoms with E-state index in [4.69, 9.17) is 9.47 Å². The Morgan fingerprint density at radius 3 is 2.56 bits per heavy atom. The topological polar surface area (TPSA) is 44.8 Å². The van der Waals surface area contributed by atoms with Crippen LogP contribution < -0.4 is 0 Å². The van der Waals surface area contributed by atoms with Crippen LogP contribution in [-0.4, -0.2) is 37.2 Å². The average Bonchev–Trinajstić information content (AvgIpc) is 2.56. The number of alkyl halides is 1. The maximum Gasteiger partial charge on any atom is 0.343 e. The highest BCUT2D eigenvalue weighted by atomic mass is 19.1. The fourth-order valence-corrected chi connectivity index (χ4v) is 1.70. The van der Waals surface area contributed by atoms with Crippen LogP contribution in [0.2, 0.25) is 0 Å². The highest BCUT2D eigenvalue weighted by Gasteiger charge is 2.48. The summed E-state index contributed by atoms with van der Waals surface area (Å²) in [7, 11) is 1.17. The lowest BCUT2D eigenvalue weighted by molar-refractivity contribution is -0.169. The Kier molecular flexibility index (Phi) is 3.59. The van der Waals surface area contributed by atoms with Crippen molar-refractivity contribution in [2.45, 2.75) is 45.3 Å². The molecule has 0 aromatic rings. The van der Waals surface area contributed by atoms with Gasteiger partial charge in [-0.25, -0.2) is 9.18 Å². The third kappa shape index (κ3) is 2.52. The summed E-state index contributed by atoms with van der Waals surface area (Å²) in [6, 6.07) is 0. The Morgan fingerprint density at radius 1 is 1.62 bits per heavy atom. The van der Waals surface area contributed by atoms with Crippen LogP contribution in [-0.2, 0) is 19.0 Å². The number of esters is 1. The maximum absolute atomic E-state index is 14.2. The largest absolute Gasteiger partial charge is 0.467 e. The molecule has 0 bridgehead atoms. The van der Waals surface area contributed by atoms with Crippen LogP contribution in [0.15, 0.2) is 0 Å². The summed E-state index contributed by atoms with van der Waals surface area (Å²) < 4.78 is 29.5. The standard InChI is InChI=1S/C11H19FO4/c1-7(11(4,12)9(13)14-5)8-6-15-10(2,3)16-8/h7-8H,6H2,1-5H3/t7-,8?,11-/m1/s1. The molecule has 5 heteroatoms. The van der Waals surface area contributed by atoms with Crippen molar-refractivity contribution in [2.24, 2.45) is 5.92 Å². The predicted octanol–water partition coefficient (Wildman–Crippen LogP) is 1.68. The molecule has 3 atom stereocenters. The van der Waals surface area contributed by atoms with Crippen LogP contribution in [0.4, 0.5) is 4.39 Å². The van der Waals surface area contributed by atoms with E-state index < -0.39 is 29.4 Å². The summed E-state index contributed by atoms with van der Waals surface area (Å²) >= 11 is 0. The van der Waals surface area contributed by atoms with Crippen molar-refractivity contribution in [3.05, 3.63) is 0 Å². The highest BCUT2D eigenvalue weighted by molar-refractivity contribution is 5.79. The first-order chi connectivity index (χ1) is 7.20. The minimum Gasteiger partial charge on any atom is -0.467 e. The van der Waals surface area contributed by atoms with Gasteiger partial charge in [-0.1, -0.05) is 6.92 Å². The molecule has 0 saturated carbocycles. The molecule has 1 aliphatic heterocycles. The summed E-state index contributed by atoms with van der Waals surface area (Å²) in [5.41, 5.74) is -2.07. The molecule has 1 aliphatic rings. The van der Waals surface area contributed by atoms with Gasteiger partial charge in [-0.2, -0.15) is 0 Å². The van der Waals surface area contributed by atoms with Gasteiger partial charge in [-0.05, 0) is 20.8 Å². The second-order valence-corrected chi connectivity index (χ2v) is 4.72. The molecule has 0 amide bonds. The van der Waals surface area contributed by atoms with Crippen molar-refractivity contribution >= 4 is 5.97 Å². The van der Waals surface area contributed by atoms with E-state index in [9.17, 15) is 9.18 Å². The van der Waals surface area contributed by atoms with Gasteiger partial charge in [0.25, 0.3) is 0 Å². The zero-order valence-corrected chi connectivity index (χ0v) is 10.4. The van der Waals surface area contributed by atoms with Gasteiger partial charge in [0.05, 0.1) is 19.8 Å². The normalized spacial score (nSPS) is 29.5.